The van der Waals surface area contributed by atoms with E-state index in [1.807, 2.05) is 0 Å². The second kappa shape index (κ2) is 10.6. The van der Waals surface area contributed by atoms with Gasteiger partial charge in [-0.1, -0.05) is 40.0 Å². The lowest BCUT2D eigenvalue weighted by Gasteiger charge is -2.31. The van der Waals surface area contributed by atoms with Crippen LogP contribution in [0.15, 0.2) is 0 Å². The van der Waals surface area contributed by atoms with Crippen molar-refractivity contribution in [2.24, 2.45) is 0 Å². The van der Waals surface area contributed by atoms with Crippen LogP contribution in [-0.2, 0) is 4.43 Å². The minimum Gasteiger partial charge on any atom is -0.417 e. The van der Waals surface area contributed by atoms with Crippen molar-refractivity contribution < 1.29 is 4.43 Å². The van der Waals surface area contributed by atoms with Gasteiger partial charge in [0.25, 0.3) is 0 Å². The maximum atomic E-state index is 6.33. The van der Waals surface area contributed by atoms with Gasteiger partial charge in [0.2, 0.25) is 0 Å². The summed E-state index contributed by atoms with van der Waals surface area (Å²) in [7, 11) is -1.44. The van der Waals surface area contributed by atoms with E-state index in [2.05, 4.69) is 20.8 Å². The third kappa shape index (κ3) is 6.92. The zero-order valence-electron chi connectivity index (χ0n) is 11.4. The number of halogens is 1. The number of hydrogen-bond donors (Lipinski definition) is 0. The first-order valence-electron chi connectivity index (χ1n) is 6.94. The molecule has 0 aromatic carbocycles. The lowest BCUT2D eigenvalue weighted by atomic mass is 10.4. The minimum atomic E-state index is -1.44. The molecule has 98 valence electrons. The summed E-state index contributed by atoms with van der Waals surface area (Å²) in [5, 5.41) is 0. The maximum absolute atomic E-state index is 6.33. The van der Waals surface area contributed by atoms with Crippen LogP contribution in [0, 0.1) is 0 Å². The van der Waals surface area contributed by atoms with E-state index >= 15 is 0 Å². The molecular formula is C13H29ClOSi. The summed E-state index contributed by atoms with van der Waals surface area (Å²) in [4.78, 5) is 0. The minimum absolute atomic E-state index is 0.791. The van der Waals surface area contributed by atoms with Crippen molar-refractivity contribution in [3.8, 4) is 0 Å². The number of unbranched alkanes of at least 4 members (excludes halogenated alkanes) is 1. The number of hydrogen-bond acceptors (Lipinski definition) is 1. The van der Waals surface area contributed by atoms with Crippen LogP contribution in [0.4, 0.5) is 0 Å². The van der Waals surface area contributed by atoms with Gasteiger partial charge in [0.15, 0.2) is 8.32 Å². The molecule has 0 bridgehead atoms. The Bertz CT molecular complexity index is 147. The lowest BCUT2D eigenvalue weighted by molar-refractivity contribution is 0.288. The standard InChI is InChI=1S/C13H29ClOSi/c1-4-7-10-15-16(11-5-2,12-6-3)13-8-9-14/h4-13H2,1-3H3. The van der Waals surface area contributed by atoms with Crippen LogP contribution in [-0.4, -0.2) is 20.8 Å². The van der Waals surface area contributed by atoms with Crippen LogP contribution in [0.2, 0.25) is 18.1 Å². The topological polar surface area (TPSA) is 9.23 Å². The van der Waals surface area contributed by atoms with Crippen molar-refractivity contribution in [3.05, 3.63) is 0 Å². The zero-order chi connectivity index (χ0) is 12.3. The quantitative estimate of drug-likeness (QED) is 0.283. The SMILES string of the molecule is CCCCO[Si](CCC)(CCC)CCCCl. The van der Waals surface area contributed by atoms with E-state index in [1.54, 1.807) is 0 Å². The van der Waals surface area contributed by atoms with Gasteiger partial charge < -0.3 is 4.43 Å². The molecule has 0 aliphatic rings. The summed E-state index contributed by atoms with van der Waals surface area (Å²) in [6.07, 6.45) is 6.11. The monoisotopic (exact) mass is 264 g/mol. The van der Waals surface area contributed by atoms with E-state index in [-0.39, 0.29) is 0 Å². The summed E-state index contributed by atoms with van der Waals surface area (Å²) < 4.78 is 6.33. The summed E-state index contributed by atoms with van der Waals surface area (Å²) in [5.74, 6) is 0.791. The van der Waals surface area contributed by atoms with Crippen molar-refractivity contribution in [2.45, 2.75) is 71.0 Å². The molecule has 0 unspecified atom stereocenters. The molecule has 3 heteroatoms. The highest BCUT2D eigenvalue weighted by Gasteiger charge is 2.32. The summed E-state index contributed by atoms with van der Waals surface area (Å²) >= 11 is 5.84. The van der Waals surface area contributed by atoms with Crippen LogP contribution >= 0.6 is 11.6 Å². The largest absolute Gasteiger partial charge is 0.417 e. The summed E-state index contributed by atoms with van der Waals surface area (Å²) in [5.41, 5.74) is 0. The Kier molecular flexibility index (Phi) is 10.9. The molecule has 0 saturated heterocycles. The Hall–Kier alpha value is 0.467. The normalized spacial score (nSPS) is 12.0. The van der Waals surface area contributed by atoms with Gasteiger partial charge >= 0.3 is 0 Å². The van der Waals surface area contributed by atoms with Gasteiger partial charge in [-0.05, 0) is 31.0 Å². The van der Waals surface area contributed by atoms with Crippen LogP contribution in [0.25, 0.3) is 0 Å². The van der Waals surface area contributed by atoms with Gasteiger partial charge in [-0.2, -0.15) is 0 Å². The third-order valence-electron chi connectivity index (χ3n) is 3.08. The second-order valence-electron chi connectivity index (χ2n) is 4.68. The highest BCUT2D eigenvalue weighted by atomic mass is 35.5. The van der Waals surface area contributed by atoms with Crippen LogP contribution in [0.1, 0.15) is 52.9 Å². The molecule has 0 heterocycles. The van der Waals surface area contributed by atoms with Crippen LogP contribution in [0.5, 0.6) is 0 Å². The Morgan fingerprint density at radius 2 is 1.50 bits per heavy atom. The van der Waals surface area contributed by atoms with Gasteiger partial charge in [0.05, 0.1) is 0 Å². The highest BCUT2D eigenvalue weighted by molar-refractivity contribution is 6.73. The van der Waals surface area contributed by atoms with E-state index in [4.69, 9.17) is 16.0 Å². The van der Waals surface area contributed by atoms with Crippen molar-refractivity contribution in [2.75, 3.05) is 12.5 Å². The molecule has 0 spiro atoms. The maximum Gasteiger partial charge on any atom is 0.192 e. The van der Waals surface area contributed by atoms with Crippen LogP contribution in [0.3, 0.4) is 0 Å². The average molecular weight is 265 g/mol. The third-order valence-corrected chi connectivity index (χ3v) is 8.25. The summed E-state index contributed by atoms with van der Waals surface area (Å²) in [6.45, 7) is 7.76. The van der Waals surface area contributed by atoms with E-state index in [0.29, 0.717) is 0 Å². The predicted octanol–water partition coefficient (Wildman–Crippen LogP) is 5.20. The van der Waals surface area contributed by atoms with E-state index < -0.39 is 8.32 Å². The van der Waals surface area contributed by atoms with E-state index in [9.17, 15) is 0 Å². The Balaban J connectivity index is 4.24. The molecular weight excluding hydrogens is 236 g/mol. The first kappa shape index (κ1) is 16.5. The van der Waals surface area contributed by atoms with Crippen molar-refractivity contribution >= 4 is 19.9 Å². The van der Waals surface area contributed by atoms with Crippen molar-refractivity contribution in [3.63, 3.8) is 0 Å². The Labute approximate surface area is 108 Å². The molecule has 0 saturated carbocycles. The number of alkyl halides is 1. The van der Waals surface area contributed by atoms with Crippen LogP contribution < -0.4 is 0 Å². The average Bonchev–Trinajstić information content (AvgIpc) is 2.27. The molecule has 0 fully saturated rings. The molecule has 0 aromatic heterocycles. The molecule has 0 amide bonds. The highest BCUT2D eigenvalue weighted by Crippen LogP contribution is 2.28. The smallest absolute Gasteiger partial charge is 0.192 e. The van der Waals surface area contributed by atoms with E-state index in [0.717, 1.165) is 18.9 Å². The van der Waals surface area contributed by atoms with Crippen molar-refractivity contribution in [1.82, 2.24) is 0 Å². The molecule has 0 radical (unpaired) electrons. The zero-order valence-corrected chi connectivity index (χ0v) is 13.1. The molecule has 0 aliphatic carbocycles. The lowest BCUT2D eigenvalue weighted by Crippen LogP contribution is -2.38. The molecule has 0 N–H and O–H groups in total. The Morgan fingerprint density at radius 1 is 0.875 bits per heavy atom. The van der Waals surface area contributed by atoms with E-state index in [1.165, 1.54) is 43.8 Å². The van der Waals surface area contributed by atoms with Crippen molar-refractivity contribution in [1.29, 1.82) is 0 Å². The predicted molar refractivity (Wildman–Crippen MR) is 77.0 cm³/mol. The molecule has 1 nitrogen and oxygen atoms in total. The molecule has 16 heavy (non-hydrogen) atoms. The molecule has 0 rings (SSSR count). The van der Waals surface area contributed by atoms with Gasteiger partial charge in [0, 0.05) is 12.5 Å². The fourth-order valence-corrected chi connectivity index (χ4v) is 7.09. The fourth-order valence-electron chi connectivity index (χ4n) is 2.32. The van der Waals surface area contributed by atoms with Gasteiger partial charge in [0.1, 0.15) is 0 Å². The number of rotatable bonds is 11. The van der Waals surface area contributed by atoms with Gasteiger partial charge in [-0.3, -0.25) is 0 Å². The Morgan fingerprint density at radius 3 is 1.94 bits per heavy atom. The summed E-state index contributed by atoms with van der Waals surface area (Å²) in [6, 6.07) is 3.91. The molecule has 0 aliphatic heterocycles. The first-order valence-corrected chi connectivity index (χ1v) is 10.0. The molecule has 0 aromatic rings. The van der Waals surface area contributed by atoms with Gasteiger partial charge in [-0.25, -0.2) is 0 Å². The van der Waals surface area contributed by atoms with Gasteiger partial charge in [-0.15, -0.1) is 11.6 Å². The fraction of sp³-hybridized carbons (Fsp3) is 1.00. The first-order chi connectivity index (χ1) is 7.74. The second-order valence-corrected chi connectivity index (χ2v) is 9.21. The molecule has 0 atom stereocenters.